The third-order valence-electron chi connectivity index (χ3n) is 4.71. The number of piperidine rings is 1. The second-order valence-corrected chi connectivity index (χ2v) is 6.48. The monoisotopic (exact) mass is 274 g/mol. The van der Waals surface area contributed by atoms with Crippen molar-refractivity contribution in [2.24, 2.45) is 17.6 Å². The normalized spacial score (nSPS) is 31.1. The fourth-order valence-electron chi connectivity index (χ4n) is 3.68. The van der Waals surface area contributed by atoms with Crippen molar-refractivity contribution in [2.45, 2.75) is 25.4 Å². The summed E-state index contributed by atoms with van der Waals surface area (Å²) in [7, 11) is 0. The van der Waals surface area contributed by atoms with Gasteiger partial charge in [0.25, 0.3) is 0 Å². The molecule has 1 saturated carbocycles. The Balaban J connectivity index is 1.52. The summed E-state index contributed by atoms with van der Waals surface area (Å²) >= 11 is 1.29. The fraction of sp³-hybridized carbons (Fsp3) is 0.571. The minimum absolute atomic E-state index is 0.446. The van der Waals surface area contributed by atoms with E-state index >= 15 is 0 Å². The molecule has 2 heterocycles. The first kappa shape index (κ1) is 11.8. The molecule has 0 spiro atoms. The van der Waals surface area contributed by atoms with Crippen molar-refractivity contribution < 1.29 is 0 Å². The number of benzene rings is 1. The third-order valence-corrected chi connectivity index (χ3v) is 5.26. The first-order chi connectivity index (χ1) is 9.29. The largest absolute Gasteiger partial charge is 0.327 e. The number of nitrogens with zero attached hydrogens (tertiary/aromatic N) is 3. The van der Waals surface area contributed by atoms with Crippen LogP contribution in [-0.2, 0) is 6.54 Å². The second kappa shape index (κ2) is 4.51. The van der Waals surface area contributed by atoms with Crippen LogP contribution in [0.5, 0.6) is 0 Å². The molecule has 1 aliphatic heterocycles. The van der Waals surface area contributed by atoms with Crippen molar-refractivity contribution in [1.29, 1.82) is 0 Å². The van der Waals surface area contributed by atoms with Crippen LogP contribution in [0.1, 0.15) is 18.4 Å². The zero-order valence-corrected chi connectivity index (χ0v) is 11.6. The third kappa shape index (κ3) is 2.06. The zero-order valence-electron chi connectivity index (χ0n) is 10.8. The van der Waals surface area contributed by atoms with E-state index in [9.17, 15) is 0 Å². The number of rotatable bonds is 2. The standard InChI is InChI=1S/C14H18N4S/c15-14-10-2-3-11(14)8-18(7-10)6-9-1-4-12-13(5-9)17-19-16-12/h1,4-5,10-11,14H,2-3,6-8,15H2/t10-,11+,14?. The highest BCUT2D eigenvalue weighted by Gasteiger charge is 2.39. The minimum Gasteiger partial charge on any atom is -0.327 e. The Bertz CT molecular complexity index is 582. The number of hydrogen-bond donors (Lipinski definition) is 1. The maximum atomic E-state index is 6.26. The molecule has 2 fully saturated rings. The molecule has 2 aliphatic rings. The Hall–Kier alpha value is -1.04. The molecule has 1 aromatic heterocycles. The quantitative estimate of drug-likeness (QED) is 0.908. The van der Waals surface area contributed by atoms with Gasteiger partial charge in [0, 0.05) is 25.7 Å². The van der Waals surface area contributed by atoms with Crippen molar-refractivity contribution >= 4 is 22.8 Å². The number of aromatic nitrogens is 2. The summed E-state index contributed by atoms with van der Waals surface area (Å²) in [4.78, 5) is 2.56. The summed E-state index contributed by atoms with van der Waals surface area (Å²) in [6.45, 7) is 3.34. The molecule has 1 unspecified atom stereocenters. The van der Waals surface area contributed by atoms with E-state index in [1.807, 2.05) is 0 Å². The van der Waals surface area contributed by atoms with Crippen LogP contribution in [0.3, 0.4) is 0 Å². The van der Waals surface area contributed by atoms with Crippen LogP contribution < -0.4 is 5.73 Å². The molecular weight excluding hydrogens is 256 g/mol. The maximum Gasteiger partial charge on any atom is 0.105 e. The molecule has 19 heavy (non-hydrogen) atoms. The molecule has 0 amide bonds. The number of hydrogen-bond acceptors (Lipinski definition) is 5. The number of likely N-dealkylation sites (tertiary alicyclic amines) is 1. The minimum atomic E-state index is 0.446. The summed E-state index contributed by atoms with van der Waals surface area (Å²) in [5, 5.41) is 0. The van der Waals surface area contributed by atoms with E-state index in [0.717, 1.165) is 30.7 Å². The van der Waals surface area contributed by atoms with Crippen LogP contribution in [0.15, 0.2) is 18.2 Å². The van der Waals surface area contributed by atoms with Gasteiger partial charge in [-0.25, -0.2) is 0 Å². The summed E-state index contributed by atoms with van der Waals surface area (Å²) in [5.41, 5.74) is 9.64. The zero-order chi connectivity index (χ0) is 12.8. The fourth-order valence-corrected chi connectivity index (χ4v) is 4.19. The highest BCUT2D eigenvalue weighted by atomic mass is 32.1. The number of fused-ring (bicyclic) bond motifs is 3. The molecule has 4 nitrogen and oxygen atoms in total. The maximum absolute atomic E-state index is 6.26. The second-order valence-electron chi connectivity index (χ2n) is 5.96. The lowest BCUT2D eigenvalue weighted by Gasteiger charge is -2.36. The van der Waals surface area contributed by atoms with E-state index in [2.05, 4.69) is 31.8 Å². The van der Waals surface area contributed by atoms with E-state index in [4.69, 9.17) is 5.73 Å². The van der Waals surface area contributed by atoms with E-state index in [1.54, 1.807) is 0 Å². The highest BCUT2D eigenvalue weighted by Crippen LogP contribution is 2.36. The van der Waals surface area contributed by atoms with Crippen molar-refractivity contribution in [3.63, 3.8) is 0 Å². The summed E-state index contributed by atoms with van der Waals surface area (Å²) < 4.78 is 8.57. The van der Waals surface area contributed by atoms with Crippen molar-refractivity contribution in [1.82, 2.24) is 13.6 Å². The molecular formula is C14H18N4S. The van der Waals surface area contributed by atoms with Gasteiger partial charge in [0.2, 0.25) is 0 Å². The van der Waals surface area contributed by atoms with Gasteiger partial charge in [0.1, 0.15) is 11.0 Å². The molecule has 2 bridgehead atoms. The molecule has 0 radical (unpaired) electrons. The molecule has 4 rings (SSSR count). The van der Waals surface area contributed by atoms with Crippen LogP contribution in [0.25, 0.3) is 11.0 Å². The summed E-state index contributed by atoms with van der Waals surface area (Å²) in [5.74, 6) is 1.42. The van der Waals surface area contributed by atoms with Crippen LogP contribution in [-0.4, -0.2) is 32.8 Å². The van der Waals surface area contributed by atoms with Crippen molar-refractivity contribution in [3.05, 3.63) is 23.8 Å². The number of nitrogens with two attached hydrogens (primary N) is 1. The van der Waals surface area contributed by atoms with Gasteiger partial charge in [-0.3, -0.25) is 4.90 Å². The Morgan fingerprint density at radius 3 is 2.68 bits per heavy atom. The Labute approximate surface area is 116 Å². The predicted octanol–water partition coefficient (Wildman–Crippen LogP) is 1.86. The van der Waals surface area contributed by atoms with E-state index in [1.165, 1.54) is 30.1 Å². The molecule has 2 N–H and O–H groups in total. The lowest BCUT2D eigenvalue weighted by Crippen LogP contribution is -2.48. The van der Waals surface area contributed by atoms with Gasteiger partial charge in [-0.05, 0) is 42.4 Å². The van der Waals surface area contributed by atoms with E-state index in [0.29, 0.717) is 17.9 Å². The van der Waals surface area contributed by atoms with Crippen LogP contribution in [0.2, 0.25) is 0 Å². The van der Waals surface area contributed by atoms with Crippen molar-refractivity contribution in [2.75, 3.05) is 13.1 Å². The predicted molar refractivity (Wildman–Crippen MR) is 76.9 cm³/mol. The molecule has 100 valence electrons. The van der Waals surface area contributed by atoms with Gasteiger partial charge in [-0.15, -0.1) is 0 Å². The topological polar surface area (TPSA) is 55.0 Å². The molecule has 1 aliphatic carbocycles. The van der Waals surface area contributed by atoms with Gasteiger partial charge in [0.15, 0.2) is 0 Å². The van der Waals surface area contributed by atoms with E-state index < -0.39 is 0 Å². The first-order valence-electron chi connectivity index (χ1n) is 6.99. The van der Waals surface area contributed by atoms with Gasteiger partial charge in [-0.1, -0.05) is 6.07 Å². The molecule has 5 heteroatoms. The Morgan fingerprint density at radius 1 is 1.16 bits per heavy atom. The van der Waals surface area contributed by atoms with Gasteiger partial charge >= 0.3 is 0 Å². The average Bonchev–Trinajstić information content (AvgIpc) is 2.92. The van der Waals surface area contributed by atoms with Crippen molar-refractivity contribution in [3.8, 4) is 0 Å². The molecule has 1 aromatic carbocycles. The summed E-state index contributed by atoms with van der Waals surface area (Å²) in [6.07, 6.45) is 2.63. The van der Waals surface area contributed by atoms with Crippen LogP contribution in [0, 0.1) is 11.8 Å². The smallest absolute Gasteiger partial charge is 0.105 e. The first-order valence-corrected chi connectivity index (χ1v) is 7.72. The summed E-state index contributed by atoms with van der Waals surface area (Å²) in [6, 6.07) is 6.88. The van der Waals surface area contributed by atoms with Gasteiger partial charge in [-0.2, -0.15) is 8.75 Å². The molecule has 1 saturated heterocycles. The Kier molecular flexibility index (Phi) is 2.79. The Morgan fingerprint density at radius 2 is 1.89 bits per heavy atom. The van der Waals surface area contributed by atoms with E-state index in [-0.39, 0.29) is 0 Å². The van der Waals surface area contributed by atoms with Crippen LogP contribution in [0.4, 0.5) is 0 Å². The lowest BCUT2D eigenvalue weighted by atomic mass is 9.93. The highest BCUT2D eigenvalue weighted by molar-refractivity contribution is 7.00. The SMILES string of the molecule is NC1[C@@H]2CC[C@H]1CN(Cc1ccc3nsnc3c1)C2. The van der Waals surface area contributed by atoms with Gasteiger partial charge < -0.3 is 5.73 Å². The van der Waals surface area contributed by atoms with Crippen LogP contribution >= 0.6 is 11.7 Å². The van der Waals surface area contributed by atoms with Gasteiger partial charge in [0.05, 0.1) is 11.7 Å². The lowest BCUT2D eigenvalue weighted by molar-refractivity contribution is 0.140. The molecule has 2 aromatic rings. The average molecular weight is 274 g/mol. The molecule has 3 atom stereocenters.